The summed E-state index contributed by atoms with van der Waals surface area (Å²) in [4.78, 5) is 11.7. The summed E-state index contributed by atoms with van der Waals surface area (Å²) in [6.45, 7) is 2.13. The number of rotatable bonds is 2. The molecule has 0 aliphatic carbocycles. The van der Waals surface area contributed by atoms with Gasteiger partial charge in [0.2, 0.25) is 0 Å². The summed E-state index contributed by atoms with van der Waals surface area (Å²) < 4.78 is 1.50. The molecule has 0 aromatic carbocycles. The number of H-pyrrole nitrogens is 1. The second-order valence-electron chi connectivity index (χ2n) is 3.50. The molecule has 0 spiro atoms. The standard InChI is InChI=1S/C9H15N3O2/c13-6-5-12-9(14)7-1-3-10-4-2-8(7)11-12/h10-11,13H,1-6H2. The molecule has 0 fully saturated rings. The zero-order valence-electron chi connectivity index (χ0n) is 8.05. The third kappa shape index (κ3) is 1.60. The zero-order chi connectivity index (χ0) is 9.97. The topological polar surface area (TPSA) is 70.0 Å². The van der Waals surface area contributed by atoms with E-state index in [1.54, 1.807) is 0 Å². The highest BCUT2D eigenvalue weighted by atomic mass is 16.3. The molecule has 1 aliphatic rings. The van der Waals surface area contributed by atoms with Gasteiger partial charge in [0.15, 0.2) is 0 Å². The Kier molecular flexibility index (Phi) is 2.69. The van der Waals surface area contributed by atoms with E-state index < -0.39 is 0 Å². The van der Waals surface area contributed by atoms with Crippen LogP contribution in [0.1, 0.15) is 11.3 Å². The molecule has 2 heterocycles. The van der Waals surface area contributed by atoms with Crippen molar-refractivity contribution in [2.24, 2.45) is 0 Å². The number of aliphatic hydroxyl groups excluding tert-OH is 1. The molecule has 1 aliphatic heterocycles. The van der Waals surface area contributed by atoms with Crippen LogP contribution in [0.25, 0.3) is 0 Å². The number of fused-ring (bicyclic) bond motifs is 1. The van der Waals surface area contributed by atoms with Crippen molar-refractivity contribution in [1.29, 1.82) is 0 Å². The lowest BCUT2D eigenvalue weighted by Gasteiger charge is -1.99. The maximum absolute atomic E-state index is 11.7. The van der Waals surface area contributed by atoms with Crippen LogP contribution in [0.5, 0.6) is 0 Å². The Morgan fingerprint density at radius 1 is 1.36 bits per heavy atom. The monoisotopic (exact) mass is 197 g/mol. The van der Waals surface area contributed by atoms with Crippen LogP contribution >= 0.6 is 0 Å². The van der Waals surface area contributed by atoms with E-state index in [0.29, 0.717) is 6.54 Å². The SMILES string of the molecule is O=c1c2c([nH]n1CCO)CCNCC2. The minimum absolute atomic E-state index is 0.00243. The van der Waals surface area contributed by atoms with Crippen molar-refractivity contribution >= 4 is 0 Å². The quantitative estimate of drug-likeness (QED) is 0.561. The van der Waals surface area contributed by atoms with Gasteiger partial charge < -0.3 is 10.4 Å². The molecule has 3 N–H and O–H groups in total. The second kappa shape index (κ2) is 3.98. The Labute approximate surface area is 81.7 Å². The molecular weight excluding hydrogens is 182 g/mol. The number of aromatic nitrogens is 2. The Morgan fingerprint density at radius 3 is 2.93 bits per heavy atom. The summed E-state index contributed by atoms with van der Waals surface area (Å²) in [5.74, 6) is 0. The van der Waals surface area contributed by atoms with Gasteiger partial charge in [-0.05, 0) is 13.0 Å². The normalized spacial score (nSPS) is 16.4. The third-order valence-corrected chi connectivity index (χ3v) is 2.56. The van der Waals surface area contributed by atoms with Crippen molar-refractivity contribution in [2.75, 3.05) is 19.7 Å². The summed E-state index contributed by atoms with van der Waals surface area (Å²) in [5, 5.41) is 15.1. The molecule has 0 amide bonds. The van der Waals surface area contributed by atoms with Gasteiger partial charge in [0.1, 0.15) is 0 Å². The number of hydrogen-bond acceptors (Lipinski definition) is 3. The Bertz CT molecular complexity index is 367. The van der Waals surface area contributed by atoms with Crippen molar-refractivity contribution in [3.63, 3.8) is 0 Å². The fraction of sp³-hybridized carbons (Fsp3) is 0.667. The van der Waals surface area contributed by atoms with Crippen molar-refractivity contribution in [1.82, 2.24) is 15.1 Å². The van der Waals surface area contributed by atoms with Crippen LogP contribution in [-0.2, 0) is 19.4 Å². The van der Waals surface area contributed by atoms with E-state index in [-0.39, 0.29) is 12.2 Å². The molecule has 1 aromatic heterocycles. The Hall–Kier alpha value is -1.07. The summed E-state index contributed by atoms with van der Waals surface area (Å²) in [6.07, 6.45) is 1.64. The van der Waals surface area contributed by atoms with Crippen LogP contribution in [0, 0.1) is 0 Å². The second-order valence-corrected chi connectivity index (χ2v) is 3.50. The first-order chi connectivity index (χ1) is 6.83. The van der Waals surface area contributed by atoms with Crippen LogP contribution < -0.4 is 10.9 Å². The van der Waals surface area contributed by atoms with E-state index in [4.69, 9.17) is 5.11 Å². The molecular formula is C9H15N3O2. The summed E-state index contributed by atoms with van der Waals surface area (Å²) >= 11 is 0. The molecule has 0 unspecified atom stereocenters. The maximum Gasteiger partial charge on any atom is 0.270 e. The van der Waals surface area contributed by atoms with Crippen molar-refractivity contribution in [2.45, 2.75) is 19.4 Å². The molecule has 0 saturated carbocycles. The summed E-state index contributed by atoms with van der Waals surface area (Å²) in [6, 6.07) is 0. The first-order valence-electron chi connectivity index (χ1n) is 4.95. The van der Waals surface area contributed by atoms with Crippen molar-refractivity contribution in [3.8, 4) is 0 Å². The summed E-state index contributed by atoms with van der Waals surface area (Å²) in [5.41, 5.74) is 1.93. The molecule has 0 atom stereocenters. The average Bonchev–Trinajstić information content (AvgIpc) is 2.41. The average molecular weight is 197 g/mol. The van der Waals surface area contributed by atoms with E-state index in [1.165, 1.54) is 4.68 Å². The van der Waals surface area contributed by atoms with E-state index in [2.05, 4.69) is 10.4 Å². The van der Waals surface area contributed by atoms with Crippen molar-refractivity contribution in [3.05, 3.63) is 21.6 Å². The van der Waals surface area contributed by atoms with Crippen LogP contribution in [-0.4, -0.2) is 34.6 Å². The number of nitrogens with zero attached hydrogens (tertiary/aromatic N) is 1. The highest BCUT2D eigenvalue weighted by Gasteiger charge is 2.15. The van der Waals surface area contributed by atoms with Crippen molar-refractivity contribution < 1.29 is 5.11 Å². The van der Waals surface area contributed by atoms with Gasteiger partial charge in [-0.15, -0.1) is 0 Å². The van der Waals surface area contributed by atoms with Crippen LogP contribution in [0.15, 0.2) is 4.79 Å². The largest absolute Gasteiger partial charge is 0.394 e. The molecule has 0 saturated heterocycles. The number of aliphatic hydroxyl groups is 1. The van der Waals surface area contributed by atoms with Gasteiger partial charge in [0.25, 0.3) is 5.56 Å². The maximum atomic E-state index is 11.7. The van der Waals surface area contributed by atoms with E-state index in [9.17, 15) is 4.79 Å². The van der Waals surface area contributed by atoms with Gasteiger partial charge in [-0.3, -0.25) is 14.6 Å². The lowest BCUT2D eigenvalue weighted by atomic mass is 10.1. The smallest absolute Gasteiger partial charge is 0.270 e. The Balaban J connectivity index is 2.35. The first kappa shape index (κ1) is 9.48. The predicted molar refractivity (Wildman–Crippen MR) is 52.4 cm³/mol. The number of aromatic amines is 1. The molecule has 1 aromatic rings. The molecule has 5 nitrogen and oxygen atoms in total. The van der Waals surface area contributed by atoms with Gasteiger partial charge in [-0.1, -0.05) is 0 Å². The van der Waals surface area contributed by atoms with Gasteiger partial charge in [-0.25, -0.2) is 0 Å². The predicted octanol–water partition coefficient (Wildman–Crippen LogP) is -1.14. The molecule has 0 bridgehead atoms. The highest BCUT2D eigenvalue weighted by molar-refractivity contribution is 5.19. The van der Waals surface area contributed by atoms with Gasteiger partial charge in [0.05, 0.1) is 13.2 Å². The lowest BCUT2D eigenvalue weighted by Crippen LogP contribution is -2.23. The first-order valence-corrected chi connectivity index (χ1v) is 4.95. The molecule has 14 heavy (non-hydrogen) atoms. The van der Waals surface area contributed by atoms with Crippen LogP contribution in [0.2, 0.25) is 0 Å². The minimum Gasteiger partial charge on any atom is -0.394 e. The van der Waals surface area contributed by atoms with Crippen LogP contribution in [0.3, 0.4) is 0 Å². The van der Waals surface area contributed by atoms with E-state index in [0.717, 1.165) is 37.2 Å². The zero-order valence-corrected chi connectivity index (χ0v) is 8.05. The molecule has 2 rings (SSSR count). The lowest BCUT2D eigenvalue weighted by molar-refractivity contribution is 0.267. The number of nitrogens with one attached hydrogen (secondary N) is 2. The fourth-order valence-electron chi connectivity index (χ4n) is 1.85. The molecule has 78 valence electrons. The van der Waals surface area contributed by atoms with Crippen LogP contribution in [0.4, 0.5) is 0 Å². The molecule has 0 radical (unpaired) electrons. The highest BCUT2D eigenvalue weighted by Crippen LogP contribution is 2.05. The third-order valence-electron chi connectivity index (χ3n) is 2.56. The van der Waals surface area contributed by atoms with E-state index >= 15 is 0 Å². The van der Waals surface area contributed by atoms with E-state index in [1.807, 2.05) is 0 Å². The van der Waals surface area contributed by atoms with Gasteiger partial charge in [0, 0.05) is 24.2 Å². The Morgan fingerprint density at radius 2 is 2.14 bits per heavy atom. The fourth-order valence-corrected chi connectivity index (χ4v) is 1.85. The van der Waals surface area contributed by atoms with Gasteiger partial charge in [-0.2, -0.15) is 0 Å². The summed E-state index contributed by atoms with van der Waals surface area (Å²) in [7, 11) is 0. The minimum atomic E-state index is -0.00243. The molecule has 5 heteroatoms. The number of hydrogen-bond donors (Lipinski definition) is 3. The van der Waals surface area contributed by atoms with Gasteiger partial charge >= 0.3 is 0 Å².